The topological polar surface area (TPSA) is 131 Å². The Balaban J connectivity index is 2.29. The Labute approximate surface area is 149 Å². The maximum Gasteiger partial charge on any atom is 0.328 e. The second-order valence-electron chi connectivity index (χ2n) is 5.57. The van der Waals surface area contributed by atoms with Gasteiger partial charge in [0.1, 0.15) is 17.4 Å². The predicted octanol–water partition coefficient (Wildman–Crippen LogP) is 0.724. The minimum Gasteiger partial charge on any atom is -0.467 e. The summed E-state index contributed by atoms with van der Waals surface area (Å²) in [7, 11) is 1.21. The van der Waals surface area contributed by atoms with Crippen LogP contribution in [0.15, 0.2) is 24.7 Å². The van der Waals surface area contributed by atoms with Crippen molar-refractivity contribution < 1.29 is 23.9 Å². The number of carbonyl (C=O) groups is 4. The molecule has 2 rings (SSSR count). The smallest absolute Gasteiger partial charge is 0.328 e. The maximum atomic E-state index is 12.6. The summed E-state index contributed by atoms with van der Waals surface area (Å²) in [6, 6.07) is 1.58. The summed E-state index contributed by atoms with van der Waals surface area (Å²) >= 11 is 0. The number of imidazole rings is 1. The molecule has 2 aromatic heterocycles. The number of methoxy groups -OCH3 is 1. The number of pyridine rings is 1. The second-order valence-corrected chi connectivity index (χ2v) is 5.57. The Morgan fingerprint density at radius 1 is 1.15 bits per heavy atom. The number of nitrogens with zero attached hydrogens (tertiary/aromatic N) is 2. The van der Waals surface area contributed by atoms with E-state index in [0.717, 1.165) is 0 Å². The van der Waals surface area contributed by atoms with E-state index in [0.29, 0.717) is 5.69 Å². The second kappa shape index (κ2) is 8.15. The molecule has 0 spiro atoms. The van der Waals surface area contributed by atoms with Crippen molar-refractivity contribution in [1.82, 2.24) is 20.3 Å². The fraction of sp³-hybridized carbons (Fsp3) is 0.294. The van der Waals surface area contributed by atoms with Gasteiger partial charge in [-0.15, -0.1) is 0 Å². The largest absolute Gasteiger partial charge is 0.467 e. The molecule has 2 heterocycles. The molecule has 0 unspecified atom stereocenters. The Hall–Kier alpha value is -3.36. The first-order valence-electron chi connectivity index (χ1n) is 7.71. The summed E-state index contributed by atoms with van der Waals surface area (Å²) in [5.41, 5.74) is 0.662. The Morgan fingerprint density at radius 3 is 2.23 bits per heavy atom. The van der Waals surface area contributed by atoms with Crippen molar-refractivity contribution in [1.29, 1.82) is 0 Å². The van der Waals surface area contributed by atoms with Gasteiger partial charge in [0.2, 0.25) is 0 Å². The summed E-state index contributed by atoms with van der Waals surface area (Å²) in [6.45, 7) is 2.56. The summed E-state index contributed by atoms with van der Waals surface area (Å²) < 4.78 is 4.71. The third-order valence-electron chi connectivity index (χ3n) is 3.58. The monoisotopic (exact) mass is 358 g/mol. The number of carbonyl (C=O) groups excluding carboxylic acids is 4. The highest BCUT2D eigenvalue weighted by atomic mass is 16.5. The molecule has 0 aromatic carbocycles. The highest BCUT2D eigenvalue weighted by molar-refractivity contribution is 6.03. The van der Waals surface area contributed by atoms with Crippen molar-refractivity contribution in [2.24, 2.45) is 0 Å². The summed E-state index contributed by atoms with van der Waals surface area (Å²) in [6.07, 6.45) is 3.12. The fourth-order valence-corrected chi connectivity index (χ4v) is 2.22. The lowest BCUT2D eigenvalue weighted by Crippen LogP contribution is -2.43. The molecule has 0 aliphatic rings. The number of aromatic nitrogens is 3. The zero-order valence-electron chi connectivity index (χ0n) is 14.5. The van der Waals surface area contributed by atoms with Crippen LogP contribution in [-0.2, 0) is 16.0 Å². The lowest BCUT2D eigenvalue weighted by atomic mass is 10.1. The van der Waals surface area contributed by atoms with Crippen molar-refractivity contribution >= 4 is 23.4 Å². The van der Waals surface area contributed by atoms with Gasteiger partial charge in [-0.1, -0.05) is 0 Å². The summed E-state index contributed by atoms with van der Waals surface area (Å²) in [5.74, 6) is -2.04. The van der Waals surface area contributed by atoms with Crippen molar-refractivity contribution in [3.63, 3.8) is 0 Å². The fourth-order valence-electron chi connectivity index (χ4n) is 2.22. The molecule has 1 amide bonds. The summed E-state index contributed by atoms with van der Waals surface area (Å²) in [5, 5.41) is 2.54. The molecule has 136 valence electrons. The molecular formula is C17H18N4O5. The van der Waals surface area contributed by atoms with E-state index in [9.17, 15) is 19.2 Å². The van der Waals surface area contributed by atoms with E-state index < -0.39 is 17.9 Å². The van der Waals surface area contributed by atoms with E-state index >= 15 is 0 Å². The third-order valence-corrected chi connectivity index (χ3v) is 3.58. The van der Waals surface area contributed by atoms with Gasteiger partial charge < -0.3 is 15.0 Å². The molecule has 0 saturated carbocycles. The molecule has 0 aliphatic carbocycles. The number of amides is 1. The number of hydrogen-bond donors (Lipinski definition) is 2. The van der Waals surface area contributed by atoms with Crippen LogP contribution in [0.3, 0.4) is 0 Å². The maximum absolute atomic E-state index is 12.6. The minimum atomic E-state index is -0.970. The van der Waals surface area contributed by atoms with E-state index in [2.05, 4.69) is 20.3 Å². The molecule has 0 radical (unpaired) electrons. The van der Waals surface area contributed by atoms with Crippen LogP contribution in [0.1, 0.15) is 50.9 Å². The average Bonchev–Trinajstić information content (AvgIpc) is 3.12. The van der Waals surface area contributed by atoms with Gasteiger partial charge in [0.05, 0.1) is 13.4 Å². The standard InChI is InChI=1S/C17H18N4O5/c1-9(22)13-4-11(5-14(20-13)10(2)23)16(24)21-15(17(25)26-3)6-12-7-18-8-19-12/h4-5,7-8,15H,6H2,1-3H3,(H,18,19)(H,21,24)/t15-/m1/s1. The number of esters is 1. The zero-order chi connectivity index (χ0) is 19.3. The number of rotatable bonds is 7. The molecule has 0 saturated heterocycles. The van der Waals surface area contributed by atoms with E-state index in [1.807, 2.05) is 0 Å². The van der Waals surface area contributed by atoms with Crippen molar-refractivity contribution in [2.75, 3.05) is 7.11 Å². The van der Waals surface area contributed by atoms with Crippen LogP contribution in [-0.4, -0.2) is 51.5 Å². The van der Waals surface area contributed by atoms with Crippen LogP contribution >= 0.6 is 0 Å². The first kappa shape index (κ1) is 19.0. The van der Waals surface area contributed by atoms with Crippen LogP contribution in [0.4, 0.5) is 0 Å². The van der Waals surface area contributed by atoms with E-state index in [-0.39, 0.29) is 34.9 Å². The van der Waals surface area contributed by atoms with Crippen molar-refractivity contribution in [2.45, 2.75) is 26.3 Å². The SMILES string of the molecule is COC(=O)[C@@H](Cc1cnc[nH]1)NC(=O)c1cc(C(C)=O)nc(C(C)=O)c1. The van der Waals surface area contributed by atoms with Gasteiger partial charge in [-0.25, -0.2) is 14.8 Å². The van der Waals surface area contributed by atoms with E-state index in [4.69, 9.17) is 4.74 Å². The molecule has 2 aromatic rings. The van der Waals surface area contributed by atoms with Gasteiger partial charge in [-0.2, -0.15) is 0 Å². The number of aromatic amines is 1. The Kier molecular flexibility index (Phi) is 5.94. The van der Waals surface area contributed by atoms with Crippen LogP contribution in [0.5, 0.6) is 0 Å². The average molecular weight is 358 g/mol. The molecule has 9 heteroatoms. The van der Waals surface area contributed by atoms with Gasteiger partial charge in [0.25, 0.3) is 5.91 Å². The van der Waals surface area contributed by atoms with E-state index in [1.54, 1.807) is 0 Å². The first-order chi connectivity index (χ1) is 12.3. The van der Waals surface area contributed by atoms with Gasteiger partial charge in [0, 0.05) is 37.7 Å². The zero-order valence-corrected chi connectivity index (χ0v) is 14.5. The first-order valence-corrected chi connectivity index (χ1v) is 7.71. The lowest BCUT2D eigenvalue weighted by Gasteiger charge is -2.16. The van der Waals surface area contributed by atoms with Crippen LogP contribution in [0.2, 0.25) is 0 Å². The number of H-pyrrole nitrogens is 1. The Morgan fingerprint density at radius 2 is 1.77 bits per heavy atom. The summed E-state index contributed by atoms with van der Waals surface area (Å²) in [4.78, 5) is 58.3. The predicted molar refractivity (Wildman–Crippen MR) is 89.8 cm³/mol. The molecule has 0 bridgehead atoms. The number of ketones is 2. The molecule has 2 N–H and O–H groups in total. The lowest BCUT2D eigenvalue weighted by molar-refractivity contribution is -0.142. The number of Topliss-reactive ketones (excluding diaryl/α,β-unsaturated/α-hetero) is 2. The number of nitrogens with one attached hydrogen (secondary N) is 2. The number of ether oxygens (including phenoxy) is 1. The van der Waals surface area contributed by atoms with Gasteiger partial charge >= 0.3 is 5.97 Å². The van der Waals surface area contributed by atoms with Gasteiger partial charge in [0.15, 0.2) is 11.6 Å². The molecular weight excluding hydrogens is 340 g/mol. The highest BCUT2D eigenvalue weighted by Crippen LogP contribution is 2.10. The molecule has 0 fully saturated rings. The molecule has 9 nitrogen and oxygen atoms in total. The molecule has 0 aliphatic heterocycles. The van der Waals surface area contributed by atoms with Crippen LogP contribution in [0.25, 0.3) is 0 Å². The van der Waals surface area contributed by atoms with Crippen LogP contribution in [0, 0.1) is 0 Å². The van der Waals surface area contributed by atoms with E-state index in [1.165, 1.54) is 45.6 Å². The molecule has 26 heavy (non-hydrogen) atoms. The Bertz CT molecular complexity index is 813. The normalized spacial score (nSPS) is 11.5. The van der Waals surface area contributed by atoms with Crippen molar-refractivity contribution in [3.8, 4) is 0 Å². The third kappa shape index (κ3) is 4.59. The molecule has 1 atom stereocenters. The number of hydrogen-bond acceptors (Lipinski definition) is 7. The quantitative estimate of drug-likeness (QED) is 0.551. The van der Waals surface area contributed by atoms with Crippen LogP contribution < -0.4 is 5.32 Å². The van der Waals surface area contributed by atoms with Gasteiger partial charge in [-0.05, 0) is 12.1 Å². The van der Waals surface area contributed by atoms with Crippen molar-refractivity contribution in [3.05, 3.63) is 47.3 Å². The van der Waals surface area contributed by atoms with Gasteiger partial charge in [-0.3, -0.25) is 14.4 Å². The highest BCUT2D eigenvalue weighted by Gasteiger charge is 2.24. The minimum absolute atomic E-state index is 0.00830.